The van der Waals surface area contributed by atoms with Gasteiger partial charge < -0.3 is 5.32 Å². The minimum Gasteiger partial charge on any atom is -0.314 e. The molecule has 0 atom stereocenters. The Hall–Kier alpha value is -1.00. The van der Waals surface area contributed by atoms with Gasteiger partial charge in [0.1, 0.15) is 11.6 Å². The summed E-state index contributed by atoms with van der Waals surface area (Å²) in [6, 6.07) is 2.82. The molecule has 2 rings (SSSR count). The number of halogens is 2. The van der Waals surface area contributed by atoms with Gasteiger partial charge in [-0.1, -0.05) is 6.07 Å². The van der Waals surface area contributed by atoms with Crippen molar-refractivity contribution in [3.8, 4) is 0 Å². The molecule has 2 nitrogen and oxygen atoms in total. The number of hydrogen-bond donors (Lipinski definition) is 1. The van der Waals surface area contributed by atoms with Crippen molar-refractivity contribution >= 4 is 0 Å². The highest BCUT2D eigenvalue weighted by Crippen LogP contribution is 2.18. The fourth-order valence-electron chi connectivity index (χ4n) is 1.95. The molecule has 0 bridgehead atoms. The van der Waals surface area contributed by atoms with Crippen LogP contribution in [0, 0.1) is 18.6 Å². The lowest BCUT2D eigenvalue weighted by Gasteiger charge is -2.27. The van der Waals surface area contributed by atoms with Crippen molar-refractivity contribution in [1.82, 2.24) is 10.2 Å². The normalized spacial score (nSPS) is 17.7. The third kappa shape index (κ3) is 2.39. The summed E-state index contributed by atoms with van der Waals surface area (Å²) in [5, 5.41) is 3.21. The molecule has 4 heteroatoms. The standard InChI is InChI=1S/C12H16F2N2/c1-9-2-3-11(13)10(12(9)14)8-16-6-4-15-5-7-16/h2-3,15H,4-8H2,1H3. The number of rotatable bonds is 2. The van der Waals surface area contributed by atoms with Gasteiger partial charge >= 0.3 is 0 Å². The molecule has 1 N–H and O–H groups in total. The summed E-state index contributed by atoms with van der Waals surface area (Å²) in [7, 11) is 0. The predicted octanol–water partition coefficient (Wildman–Crippen LogP) is 1.68. The summed E-state index contributed by atoms with van der Waals surface area (Å²) in [5.74, 6) is -0.847. The van der Waals surface area contributed by atoms with Gasteiger partial charge in [-0.05, 0) is 18.6 Å². The van der Waals surface area contributed by atoms with Crippen LogP contribution >= 0.6 is 0 Å². The van der Waals surface area contributed by atoms with Gasteiger partial charge in [0.25, 0.3) is 0 Å². The Kier molecular flexibility index (Phi) is 3.51. The molecule has 0 aromatic heterocycles. The lowest BCUT2D eigenvalue weighted by atomic mass is 10.1. The molecule has 1 fully saturated rings. The molecular weight excluding hydrogens is 210 g/mol. The van der Waals surface area contributed by atoms with Crippen LogP contribution < -0.4 is 5.32 Å². The molecular formula is C12H16F2N2. The topological polar surface area (TPSA) is 15.3 Å². The van der Waals surface area contributed by atoms with Crippen LogP contribution in [0.25, 0.3) is 0 Å². The molecule has 0 radical (unpaired) electrons. The number of nitrogens with zero attached hydrogens (tertiary/aromatic N) is 1. The summed E-state index contributed by atoms with van der Waals surface area (Å²) in [4.78, 5) is 2.07. The average Bonchev–Trinajstić information content (AvgIpc) is 2.31. The molecule has 0 spiro atoms. The van der Waals surface area contributed by atoms with E-state index in [4.69, 9.17) is 0 Å². The molecule has 16 heavy (non-hydrogen) atoms. The van der Waals surface area contributed by atoms with Crippen LogP contribution in [-0.2, 0) is 6.54 Å². The molecule has 1 heterocycles. The van der Waals surface area contributed by atoms with Crippen LogP contribution in [0.5, 0.6) is 0 Å². The first-order chi connectivity index (χ1) is 7.68. The third-order valence-corrected chi connectivity index (χ3v) is 2.97. The summed E-state index contributed by atoms with van der Waals surface area (Å²) in [5.41, 5.74) is 0.702. The van der Waals surface area contributed by atoms with E-state index in [0.29, 0.717) is 12.1 Å². The van der Waals surface area contributed by atoms with E-state index in [9.17, 15) is 8.78 Å². The quantitative estimate of drug-likeness (QED) is 0.825. The number of piperazine rings is 1. The lowest BCUT2D eigenvalue weighted by molar-refractivity contribution is 0.227. The fourth-order valence-corrected chi connectivity index (χ4v) is 1.95. The largest absolute Gasteiger partial charge is 0.314 e. The highest BCUT2D eigenvalue weighted by molar-refractivity contribution is 5.26. The van der Waals surface area contributed by atoms with Crippen molar-refractivity contribution in [3.63, 3.8) is 0 Å². The number of hydrogen-bond acceptors (Lipinski definition) is 2. The zero-order chi connectivity index (χ0) is 11.5. The molecule has 1 saturated heterocycles. The van der Waals surface area contributed by atoms with Crippen molar-refractivity contribution < 1.29 is 8.78 Å². The third-order valence-electron chi connectivity index (χ3n) is 2.97. The zero-order valence-electron chi connectivity index (χ0n) is 9.39. The SMILES string of the molecule is Cc1ccc(F)c(CN2CCNCC2)c1F. The Labute approximate surface area is 94.3 Å². The second kappa shape index (κ2) is 4.89. The van der Waals surface area contributed by atoms with Gasteiger partial charge in [0, 0.05) is 38.3 Å². The first kappa shape index (κ1) is 11.5. The Morgan fingerprint density at radius 1 is 1.25 bits per heavy atom. The molecule has 0 unspecified atom stereocenters. The van der Waals surface area contributed by atoms with Crippen molar-refractivity contribution in [2.24, 2.45) is 0 Å². The van der Waals surface area contributed by atoms with Gasteiger partial charge in [0.05, 0.1) is 0 Å². The molecule has 0 aliphatic carbocycles. The molecule has 1 aliphatic heterocycles. The minimum atomic E-state index is -0.443. The Balaban J connectivity index is 2.16. The van der Waals surface area contributed by atoms with E-state index < -0.39 is 11.6 Å². The summed E-state index contributed by atoms with van der Waals surface area (Å²) in [6.45, 7) is 5.47. The Morgan fingerprint density at radius 3 is 2.62 bits per heavy atom. The fraction of sp³-hybridized carbons (Fsp3) is 0.500. The maximum atomic E-state index is 13.7. The summed E-state index contributed by atoms with van der Waals surface area (Å²) < 4.78 is 27.2. The highest BCUT2D eigenvalue weighted by Gasteiger charge is 2.16. The van der Waals surface area contributed by atoms with Gasteiger partial charge in [0.15, 0.2) is 0 Å². The molecule has 1 aliphatic rings. The van der Waals surface area contributed by atoms with Crippen LogP contribution in [0.4, 0.5) is 8.78 Å². The van der Waals surface area contributed by atoms with Crippen LogP contribution in [-0.4, -0.2) is 31.1 Å². The zero-order valence-corrected chi connectivity index (χ0v) is 9.39. The van der Waals surface area contributed by atoms with Crippen molar-refractivity contribution in [3.05, 3.63) is 34.9 Å². The number of aryl methyl sites for hydroxylation is 1. The summed E-state index contributed by atoms with van der Waals surface area (Å²) >= 11 is 0. The van der Waals surface area contributed by atoms with Crippen LogP contribution in [0.15, 0.2) is 12.1 Å². The molecule has 88 valence electrons. The van der Waals surface area contributed by atoms with Gasteiger partial charge in [-0.3, -0.25) is 4.90 Å². The minimum absolute atomic E-state index is 0.196. The second-order valence-electron chi connectivity index (χ2n) is 4.18. The van der Waals surface area contributed by atoms with E-state index in [0.717, 1.165) is 26.2 Å². The van der Waals surface area contributed by atoms with E-state index >= 15 is 0 Å². The number of benzene rings is 1. The second-order valence-corrected chi connectivity index (χ2v) is 4.18. The van der Waals surface area contributed by atoms with E-state index in [1.54, 1.807) is 6.92 Å². The maximum absolute atomic E-state index is 13.7. The lowest BCUT2D eigenvalue weighted by Crippen LogP contribution is -2.43. The van der Waals surface area contributed by atoms with Gasteiger partial charge in [-0.2, -0.15) is 0 Å². The molecule has 1 aromatic rings. The summed E-state index contributed by atoms with van der Waals surface area (Å²) in [6.07, 6.45) is 0. The molecule has 0 amide bonds. The predicted molar refractivity (Wildman–Crippen MR) is 59.2 cm³/mol. The monoisotopic (exact) mass is 226 g/mol. The van der Waals surface area contributed by atoms with E-state index in [2.05, 4.69) is 10.2 Å². The van der Waals surface area contributed by atoms with E-state index in [1.807, 2.05) is 0 Å². The molecule has 0 saturated carbocycles. The van der Waals surface area contributed by atoms with Crippen molar-refractivity contribution in [2.45, 2.75) is 13.5 Å². The smallest absolute Gasteiger partial charge is 0.133 e. The van der Waals surface area contributed by atoms with Crippen molar-refractivity contribution in [2.75, 3.05) is 26.2 Å². The van der Waals surface area contributed by atoms with Crippen LogP contribution in [0.1, 0.15) is 11.1 Å². The Morgan fingerprint density at radius 2 is 1.94 bits per heavy atom. The average molecular weight is 226 g/mol. The maximum Gasteiger partial charge on any atom is 0.133 e. The number of nitrogens with one attached hydrogen (secondary N) is 1. The highest BCUT2D eigenvalue weighted by atomic mass is 19.1. The Bertz CT molecular complexity index is 374. The van der Waals surface area contributed by atoms with E-state index in [-0.39, 0.29) is 5.56 Å². The van der Waals surface area contributed by atoms with Crippen LogP contribution in [0.2, 0.25) is 0 Å². The van der Waals surface area contributed by atoms with Crippen molar-refractivity contribution in [1.29, 1.82) is 0 Å². The van der Waals surface area contributed by atoms with Gasteiger partial charge in [-0.25, -0.2) is 8.78 Å². The first-order valence-electron chi connectivity index (χ1n) is 5.55. The van der Waals surface area contributed by atoms with Gasteiger partial charge in [0.2, 0.25) is 0 Å². The van der Waals surface area contributed by atoms with Crippen LogP contribution in [0.3, 0.4) is 0 Å². The molecule has 1 aromatic carbocycles. The van der Waals surface area contributed by atoms with E-state index in [1.165, 1.54) is 12.1 Å². The van der Waals surface area contributed by atoms with Gasteiger partial charge in [-0.15, -0.1) is 0 Å². The first-order valence-corrected chi connectivity index (χ1v) is 5.55.